The first kappa shape index (κ1) is 15.6. The van der Waals surface area contributed by atoms with Crippen molar-refractivity contribution in [3.8, 4) is 0 Å². The third kappa shape index (κ3) is 4.68. The van der Waals surface area contributed by atoms with Crippen molar-refractivity contribution in [3.05, 3.63) is 48.2 Å². The summed E-state index contributed by atoms with van der Waals surface area (Å²) >= 11 is 0. The first-order chi connectivity index (χ1) is 9.41. The van der Waals surface area contributed by atoms with Crippen LogP contribution in [-0.2, 0) is 14.3 Å². The number of hydrogen-bond acceptors (Lipinski definition) is 5. The van der Waals surface area contributed by atoms with Gasteiger partial charge in [0, 0.05) is 26.4 Å². The molecule has 106 valence electrons. The molecule has 0 aliphatic heterocycles. The van der Waals surface area contributed by atoms with Crippen LogP contribution in [0.3, 0.4) is 0 Å². The summed E-state index contributed by atoms with van der Waals surface area (Å²) in [5, 5.41) is 0. The summed E-state index contributed by atoms with van der Waals surface area (Å²) in [7, 11) is 3.48. The maximum Gasteiger partial charge on any atom is 0.339 e. The van der Waals surface area contributed by atoms with Crippen molar-refractivity contribution in [2.45, 2.75) is 13.0 Å². The van der Waals surface area contributed by atoms with Crippen LogP contribution < -0.4 is 0 Å². The van der Waals surface area contributed by atoms with E-state index in [0.717, 1.165) is 0 Å². The lowest BCUT2D eigenvalue weighted by Gasteiger charge is -2.12. The van der Waals surface area contributed by atoms with Crippen LogP contribution in [0.25, 0.3) is 0 Å². The minimum Gasteiger partial charge on any atom is -0.442 e. The van der Waals surface area contributed by atoms with Gasteiger partial charge in [0.1, 0.15) is 0 Å². The number of ether oxygens (including phenoxy) is 1. The van der Waals surface area contributed by atoms with Crippen LogP contribution in [0.1, 0.15) is 17.3 Å². The molecule has 0 radical (unpaired) electrons. The summed E-state index contributed by atoms with van der Waals surface area (Å²) < 4.78 is 4.98. The van der Waals surface area contributed by atoms with E-state index >= 15 is 0 Å². The van der Waals surface area contributed by atoms with E-state index in [1.54, 1.807) is 49.3 Å². The fourth-order valence-corrected chi connectivity index (χ4v) is 1.40. The van der Waals surface area contributed by atoms with Gasteiger partial charge in [0.2, 0.25) is 11.9 Å². The molecule has 1 rings (SSSR count). The zero-order valence-electron chi connectivity index (χ0n) is 11.7. The van der Waals surface area contributed by atoms with Gasteiger partial charge in [-0.3, -0.25) is 9.59 Å². The third-order valence-corrected chi connectivity index (χ3v) is 2.40. The van der Waals surface area contributed by atoms with Crippen molar-refractivity contribution in [1.82, 2.24) is 4.90 Å². The van der Waals surface area contributed by atoms with E-state index in [1.165, 1.54) is 19.2 Å². The SMILES string of the molecule is CC(=O)C(OC(=O)c1ccccc1)C(=O)C=CN(C)C. The molecule has 0 aliphatic carbocycles. The van der Waals surface area contributed by atoms with E-state index in [4.69, 9.17) is 4.74 Å². The Bertz CT molecular complexity index is 520. The first-order valence-electron chi connectivity index (χ1n) is 6.06. The second-order valence-electron chi connectivity index (χ2n) is 4.44. The summed E-state index contributed by atoms with van der Waals surface area (Å²) in [6.45, 7) is 1.21. The number of carbonyl (C=O) groups is 3. The quantitative estimate of drug-likeness (QED) is 0.446. The molecule has 0 N–H and O–H groups in total. The zero-order valence-corrected chi connectivity index (χ0v) is 11.7. The molecular formula is C15H17NO4. The minimum absolute atomic E-state index is 0.295. The fraction of sp³-hybridized carbons (Fsp3) is 0.267. The van der Waals surface area contributed by atoms with Crippen molar-refractivity contribution in [2.24, 2.45) is 0 Å². The lowest BCUT2D eigenvalue weighted by atomic mass is 10.1. The number of benzene rings is 1. The Balaban J connectivity index is 2.81. The van der Waals surface area contributed by atoms with Gasteiger partial charge >= 0.3 is 5.97 Å². The number of nitrogens with zero attached hydrogens (tertiary/aromatic N) is 1. The van der Waals surface area contributed by atoms with Gasteiger partial charge < -0.3 is 9.64 Å². The van der Waals surface area contributed by atoms with E-state index in [-0.39, 0.29) is 0 Å². The minimum atomic E-state index is -1.40. The molecule has 0 aromatic heterocycles. The summed E-state index contributed by atoms with van der Waals surface area (Å²) in [6.07, 6.45) is 1.30. The number of ketones is 2. The number of Topliss-reactive ketones (excluding diaryl/α,β-unsaturated/α-hetero) is 1. The van der Waals surface area contributed by atoms with Gasteiger partial charge in [-0.2, -0.15) is 0 Å². The van der Waals surface area contributed by atoms with Crippen molar-refractivity contribution in [2.75, 3.05) is 14.1 Å². The molecule has 1 aromatic rings. The third-order valence-electron chi connectivity index (χ3n) is 2.40. The number of rotatable bonds is 6. The molecule has 1 atom stereocenters. The molecule has 0 amide bonds. The van der Waals surface area contributed by atoms with E-state index < -0.39 is 23.6 Å². The standard InChI is InChI=1S/C15H17NO4/c1-11(17)14(13(18)9-10-16(2)3)20-15(19)12-7-5-4-6-8-12/h4-10,14H,1-3H3. The van der Waals surface area contributed by atoms with Gasteiger partial charge in [-0.05, 0) is 19.1 Å². The Labute approximate surface area is 117 Å². The van der Waals surface area contributed by atoms with Crippen LogP contribution in [0.5, 0.6) is 0 Å². The average molecular weight is 275 g/mol. The highest BCUT2D eigenvalue weighted by Crippen LogP contribution is 2.06. The number of carbonyl (C=O) groups excluding carboxylic acids is 3. The summed E-state index contributed by atoms with van der Waals surface area (Å²) in [5.41, 5.74) is 0.295. The largest absolute Gasteiger partial charge is 0.442 e. The molecule has 0 aliphatic rings. The Kier molecular flexibility index (Phi) is 5.65. The Morgan fingerprint density at radius 2 is 1.75 bits per heavy atom. The lowest BCUT2D eigenvalue weighted by molar-refractivity contribution is -0.135. The molecular weight excluding hydrogens is 258 g/mol. The molecule has 0 bridgehead atoms. The van der Waals surface area contributed by atoms with Crippen LogP contribution in [0.4, 0.5) is 0 Å². The van der Waals surface area contributed by atoms with Gasteiger partial charge in [0.05, 0.1) is 5.56 Å². The van der Waals surface area contributed by atoms with E-state index in [0.29, 0.717) is 5.56 Å². The molecule has 0 saturated heterocycles. The predicted molar refractivity (Wildman–Crippen MR) is 74.2 cm³/mol. The van der Waals surface area contributed by atoms with Crippen molar-refractivity contribution < 1.29 is 19.1 Å². The predicted octanol–water partition coefficient (Wildman–Crippen LogP) is 1.45. The van der Waals surface area contributed by atoms with Gasteiger partial charge in [0.25, 0.3) is 0 Å². The highest BCUT2D eigenvalue weighted by atomic mass is 16.5. The Morgan fingerprint density at radius 3 is 2.25 bits per heavy atom. The molecule has 1 aromatic carbocycles. The highest BCUT2D eigenvalue weighted by molar-refractivity contribution is 6.11. The second-order valence-corrected chi connectivity index (χ2v) is 4.44. The fourth-order valence-electron chi connectivity index (χ4n) is 1.40. The molecule has 0 fully saturated rings. The average Bonchev–Trinajstić information content (AvgIpc) is 2.42. The van der Waals surface area contributed by atoms with E-state index in [1.807, 2.05) is 0 Å². The maximum atomic E-state index is 11.8. The van der Waals surface area contributed by atoms with Crippen LogP contribution in [0, 0.1) is 0 Å². The van der Waals surface area contributed by atoms with Crippen molar-refractivity contribution in [1.29, 1.82) is 0 Å². The van der Waals surface area contributed by atoms with Crippen LogP contribution in [0.2, 0.25) is 0 Å². The van der Waals surface area contributed by atoms with Crippen LogP contribution >= 0.6 is 0 Å². The lowest BCUT2D eigenvalue weighted by Crippen LogP contribution is -2.32. The normalized spacial score (nSPS) is 11.9. The smallest absolute Gasteiger partial charge is 0.339 e. The molecule has 5 nitrogen and oxygen atoms in total. The maximum absolute atomic E-state index is 11.8. The molecule has 0 heterocycles. The van der Waals surface area contributed by atoms with E-state index in [2.05, 4.69) is 0 Å². The first-order valence-corrected chi connectivity index (χ1v) is 6.06. The van der Waals surface area contributed by atoms with Crippen LogP contribution in [0.15, 0.2) is 42.6 Å². The monoisotopic (exact) mass is 275 g/mol. The summed E-state index contributed by atoms with van der Waals surface area (Å²) in [5.74, 6) is -1.77. The molecule has 0 saturated carbocycles. The molecule has 0 spiro atoms. The van der Waals surface area contributed by atoms with Gasteiger partial charge in [-0.25, -0.2) is 4.79 Å². The number of hydrogen-bond donors (Lipinski definition) is 0. The van der Waals surface area contributed by atoms with Gasteiger partial charge in [-0.15, -0.1) is 0 Å². The van der Waals surface area contributed by atoms with Gasteiger partial charge in [0.15, 0.2) is 5.78 Å². The topological polar surface area (TPSA) is 63.7 Å². The Hall–Kier alpha value is -2.43. The van der Waals surface area contributed by atoms with Crippen molar-refractivity contribution >= 4 is 17.5 Å². The zero-order chi connectivity index (χ0) is 15.1. The van der Waals surface area contributed by atoms with Crippen LogP contribution in [-0.4, -0.2) is 42.6 Å². The molecule has 1 unspecified atom stereocenters. The summed E-state index contributed by atoms with van der Waals surface area (Å²) in [4.78, 5) is 36.8. The molecule has 20 heavy (non-hydrogen) atoms. The Morgan fingerprint density at radius 1 is 1.15 bits per heavy atom. The van der Waals surface area contributed by atoms with Crippen molar-refractivity contribution in [3.63, 3.8) is 0 Å². The van der Waals surface area contributed by atoms with Gasteiger partial charge in [-0.1, -0.05) is 18.2 Å². The highest BCUT2D eigenvalue weighted by Gasteiger charge is 2.26. The number of esters is 1. The second kappa shape index (κ2) is 7.23. The molecule has 5 heteroatoms. The van der Waals surface area contributed by atoms with E-state index in [9.17, 15) is 14.4 Å². The summed E-state index contributed by atoms with van der Waals surface area (Å²) in [6, 6.07) is 8.21.